The minimum absolute atomic E-state index is 1.06. The molecule has 0 unspecified atom stereocenters. The molecule has 0 N–H and O–H groups in total. The highest BCUT2D eigenvalue weighted by molar-refractivity contribution is 5.78. The van der Waals surface area contributed by atoms with Crippen molar-refractivity contribution in [3.05, 3.63) is 23.4 Å². The lowest BCUT2D eigenvalue weighted by atomic mass is 10.3. The summed E-state index contributed by atoms with van der Waals surface area (Å²) in [7, 11) is 0. The molecule has 0 spiro atoms. The van der Waals surface area contributed by atoms with Gasteiger partial charge in [-0.15, -0.1) is 0 Å². The predicted molar refractivity (Wildman–Crippen MR) is 47.4 cm³/mol. The summed E-state index contributed by atoms with van der Waals surface area (Å²) in [6, 6.07) is 0. The van der Waals surface area contributed by atoms with Crippen LogP contribution in [0.5, 0.6) is 0 Å². The monoisotopic (exact) mass is 137 g/mol. The molecule has 0 rings (SSSR count). The summed E-state index contributed by atoms with van der Waals surface area (Å²) in [5.74, 6) is 0. The molecule has 0 saturated carbocycles. The summed E-state index contributed by atoms with van der Waals surface area (Å²) >= 11 is 0. The van der Waals surface area contributed by atoms with Gasteiger partial charge >= 0.3 is 0 Å². The molecule has 0 fully saturated rings. The van der Waals surface area contributed by atoms with Crippen LogP contribution < -0.4 is 0 Å². The van der Waals surface area contributed by atoms with Crippen LogP contribution in [0.15, 0.2) is 28.4 Å². The molecular weight excluding hydrogens is 122 g/mol. The maximum absolute atomic E-state index is 4.18. The summed E-state index contributed by atoms with van der Waals surface area (Å²) in [6.07, 6.45) is 5.89. The van der Waals surface area contributed by atoms with E-state index >= 15 is 0 Å². The fourth-order valence-corrected chi connectivity index (χ4v) is 0.353. The number of nitrogens with zero attached hydrogens (tertiary/aromatic N) is 1. The SMILES string of the molecule is C\C=C(C)/C=N\C(C)=C\C. The highest BCUT2D eigenvalue weighted by atomic mass is 14.7. The summed E-state index contributed by atoms with van der Waals surface area (Å²) in [6.45, 7) is 8.01. The molecule has 0 aromatic rings. The Kier molecular flexibility index (Phi) is 4.55. The fourth-order valence-electron chi connectivity index (χ4n) is 0.353. The number of hydrogen-bond donors (Lipinski definition) is 0. The largest absolute Gasteiger partial charge is 0.262 e. The molecule has 0 atom stereocenters. The van der Waals surface area contributed by atoms with Crippen LogP contribution in [-0.2, 0) is 0 Å². The Bertz CT molecular complexity index is 153. The number of allylic oxidation sites excluding steroid dienone is 4. The van der Waals surface area contributed by atoms with Gasteiger partial charge in [-0.1, -0.05) is 12.2 Å². The van der Waals surface area contributed by atoms with Crippen LogP contribution in [0.3, 0.4) is 0 Å². The maximum Gasteiger partial charge on any atom is 0.0330 e. The van der Waals surface area contributed by atoms with E-state index in [1.807, 2.05) is 46.1 Å². The summed E-state index contributed by atoms with van der Waals surface area (Å²) in [5.41, 5.74) is 2.25. The molecule has 0 aromatic carbocycles. The predicted octanol–water partition coefficient (Wildman–Crippen LogP) is 2.95. The minimum Gasteiger partial charge on any atom is -0.262 e. The molecule has 1 heteroatoms. The van der Waals surface area contributed by atoms with Crippen molar-refractivity contribution in [2.45, 2.75) is 27.7 Å². The van der Waals surface area contributed by atoms with Crippen LogP contribution in [0.1, 0.15) is 27.7 Å². The van der Waals surface area contributed by atoms with Crippen molar-refractivity contribution in [3.63, 3.8) is 0 Å². The highest BCUT2D eigenvalue weighted by Crippen LogP contribution is 1.94. The third kappa shape index (κ3) is 4.07. The molecule has 0 aliphatic carbocycles. The van der Waals surface area contributed by atoms with Crippen molar-refractivity contribution in [1.29, 1.82) is 0 Å². The Morgan fingerprint density at radius 3 is 2.10 bits per heavy atom. The van der Waals surface area contributed by atoms with Crippen molar-refractivity contribution in [2.24, 2.45) is 4.99 Å². The van der Waals surface area contributed by atoms with Crippen LogP contribution in [0.25, 0.3) is 0 Å². The van der Waals surface area contributed by atoms with E-state index in [1.165, 1.54) is 5.57 Å². The standard InChI is InChI=1S/C9H15N/c1-5-8(3)7-10-9(4)6-2/h5-7H,1-4H3/b8-5-,9-6+,10-7-. The first-order chi connectivity index (χ1) is 4.70. The summed E-state index contributed by atoms with van der Waals surface area (Å²) in [4.78, 5) is 4.18. The van der Waals surface area contributed by atoms with Gasteiger partial charge in [0.05, 0.1) is 0 Å². The van der Waals surface area contributed by atoms with Crippen LogP contribution in [0.4, 0.5) is 0 Å². The third-order valence-corrected chi connectivity index (χ3v) is 1.34. The Balaban J connectivity index is 4.01. The van der Waals surface area contributed by atoms with Gasteiger partial charge in [-0.05, 0) is 33.3 Å². The van der Waals surface area contributed by atoms with Gasteiger partial charge in [0.25, 0.3) is 0 Å². The molecule has 0 heterocycles. The minimum atomic E-state index is 1.06. The number of rotatable bonds is 2. The molecule has 0 aromatic heterocycles. The number of hydrogen-bond acceptors (Lipinski definition) is 1. The van der Waals surface area contributed by atoms with E-state index in [-0.39, 0.29) is 0 Å². The average molecular weight is 137 g/mol. The van der Waals surface area contributed by atoms with Gasteiger partial charge in [0.15, 0.2) is 0 Å². The van der Waals surface area contributed by atoms with Gasteiger partial charge in [0, 0.05) is 11.9 Å². The number of aliphatic imine (C=N–C) groups is 1. The van der Waals surface area contributed by atoms with E-state index in [0.717, 1.165) is 5.70 Å². The maximum atomic E-state index is 4.18. The molecule has 10 heavy (non-hydrogen) atoms. The van der Waals surface area contributed by atoms with Gasteiger partial charge < -0.3 is 0 Å². The first kappa shape index (κ1) is 9.15. The van der Waals surface area contributed by atoms with Gasteiger partial charge in [0.1, 0.15) is 0 Å². The van der Waals surface area contributed by atoms with Crippen molar-refractivity contribution in [1.82, 2.24) is 0 Å². The second kappa shape index (κ2) is 4.98. The second-order valence-corrected chi connectivity index (χ2v) is 2.22. The normalized spacial score (nSPS) is 14.8. The fraction of sp³-hybridized carbons (Fsp3) is 0.444. The van der Waals surface area contributed by atoms with E-state index in [1.54, 1.807) is 0 Å². The Labute approximate surface area is 63.2 Å². The van der Waals surface area contributed by atoms with Crippen molar-refractivity contribution < 1.29 is 0 Å². The second-order valence-electron chi connectivity index (χ2n) is 2.22. The third-order valence-electron chi connectivity index (χ3n) is 1.34. The van der Waals surface area contributed by atoms with Crippen molar-refractivity contribution >= 4 is 6.21 Å². The van der Waals surface area contributed by atoms with Gasteiger partial charge in [-0.25, -0.2) is 0 Å². The van der Waals surface area contributed by atoms with Crippen LogP contribution in [-0.4, -0.2) is 6.21 Å². The molecule has 0 bridgehead atoms. The first-order valence-corrected chi connectivity index (χ1v) is 3.50. The van der Waals surface area contributed by atoms with E-state index in [9.17, 15) is 0 Å². The zero-order valence-corrected chi connectivity index (χ0v) is 7.18. The van der Waals surface area contributed by atoms with Crippen molar-refractivity contribution in [3.8, 4) is 0 Å². The molecule has 0 radical (unpaired) electrons. The zero-order chi connectivity index (χ0) is 7.98. The summed E-state index contributed by atoms with van der Waals surface area (Å²) in [5, 5.41) is 0. The van der Waals surface area contributed by atoms with E-state index in [0.29, 0.717) is 0 Å². The highest BCUT2D eigenvalue weighted by Gasteiger charge is 1.79. The first-order valence-electron chi connectivity index (χ1n) is 3.50. The molecule has 0 aliphatic heterocycles. The van der Waals surface area contributed by atoms with Gasteiger partial charge in [-0.3, -0.25) is 4.99 Å². The molecule has 0 saturated heterocycles. The average Bonchev–Trinajstić information content (AvgIpc) is 1.99. The van der Waals surface area contributed by atoms with Crippen LogP contribution in [0.2, 0.25) is 0 Å². The molecule has 1 nitrogen and oxygen atoms in total. The van der Waals surface area contributed by atoms with E-state index < -0.39 is 0 Å². The van der Waals surface area contributed by atoms with Crippen molar-refractivity contribution in [2.75, 3.05) is 0 Å². The smallest absolute Gasteiger partial charge is 0.0330 e. The van der Waals surface area contributed by atoms with Crippen LogP contribution >= 0.6 is 0 Å². The molecular formula is C9H15N. The lowest BCUT2D eigenvalue weighted by molar-refractivity contribution is 1.29. The Morgan fingerprint density at radius 2 is 1.70 bits per heavy atom. The zero-order valence-electron chi connectivity index (χ0n) is 7.18. The van der Waals surface area contributed by atoms with Gasteiger partial charge in [-0.2, -0.15) is 0 Å². The van der Waals surface area contributed by atoms with Crippen LogP contribution in [0, 0.1) is 0 Å². The quantitative estimate of drug-likeness (QED) is 0.519. The van der Waals surface area contributed by atoms with E-state index in [2.05, 4.69) is 4.99 Å². The molecule has 0 aliphatic rings. The summed E-state index contributed by atoms with van der Waals surface area (Å²) < 4.78 is 0. The lowest BCUT2D eigenvalue weighted by Crippen LogP contribution is -1.76. The topological polar surface area (TPSA) is 12.4 Å². The molecule has 0 amide bonds. The Hall–Kier alpha value is -0.850. The Morgan fingerprint density at radius 1 is 1.10 bits per heavy atom. The van der Waals surface area contributed by atoms with Gasteiger partial charge in [0.2, 0.25) is 0 Å². The lowest BCUT2D eigenvalue weighted by Gasteiger charge is -1.88. The molecule has 56 valence electrons. The van der Waals surface area contributed by atoms with E-state index in [4.69, 9.17) is 0 Å².